The predicted molar refractivity (Wildman–Crippen MR) is 135 cm³/mol. The molecule has 0 spiro atoms. The number of ether oxygens (including phenoxy) is 2. The number of hydrogen-bond acceptors (Lipinski definition) is 8. The second kappa shape index (κ2) is 9.79. The maximum Gasteiger partial charge on any atom is 0.230 e. The number of methoxy groups -OCH3 is 2. The largest absolute Gasteiger partial charge is 0.493 e. The van der Waals surface area contributed by atoms with Crippen molar-refractivity contribution >= 4 is 44.9 Å². The Morgan fingerprint density at radius 1 is 1.18 bits per heavy atom. The van der Waals surface area contributed by atoms with Gasteiger partial charge in [-0.3, -0.25) is 9.20 Å². The number of fused-ring (bicyclic) bond motifs is 5. The van der Waals surface area contributed by atoms with Gasteiger partial charge in [0.05, 0.1) is 25.4 Å². The summed E-state index contributed by atoms with van der Waals surface area (Å²) in [4.78, 5) is 19.8. The summed E-state index contributed by atoms with van der Waals surface area (Å²) in [6, 6.07) is 5.78. The monoisotopic (exact) mass is 497 g/mol. The van der Waals surface area contributed by atoms with Gasteiger partial charge in [-0.2, -0.15) is 0 Å². The van der Waals surface area contributed by atoms with Crippen LogP contribution in [0.5, 0.6) is 11.5 Å². The SMILES string of the molecule is COc1ccc(CCNC(=O)CSc2nnc3c4c5c(sc4nc(C)n23)CCCC5)cc1OC. The standard InChI is InChI=1S/C24H27N5O3S2/c1-14-26-23-21(16-6-4-5-7-19(16)34-23)22-27-28-24(29(14)22)33-13-20(30)25-11-10-15-8-9-17(31-2)18(12-15)32-3/h8-9,12H,4-7,10-11,13H2,1-3H3,(H,25,30). The maximum absolute atomic E-state index is 12.5. The Balaban J connectivity index is 1.24. The zero-order chi connectivity index (χ0) is 23.7. The fraction of sp³-hybridized carbons (Fsp3) is 0.417. The van der Waals surface area contributed by atoms with E-state index in [9.17, 15) is 4.79 Å². The fourth-order valence-electron chi connectivity index (χ4n) is 4.44. The second-order valence-corrected chi connectivity index (χ2v) is 10.3. The van der Waals surface area contributed by atoms with Gasteiger partial charge in [-0.1, -0.05) is 17.8 Å². The summed E-state index contributed by atoms with van der Waals surface area (Å²) in [6.07, 6.45) is 5.35. The Morgan fingerprint density at radius 2 is 2.00 bits per heavy atom. The molecule has 5 rings (SSSR count). The van der Waals surface area contributed by atoms with Gasteiger partial charge < -0.3 is 14.8 Å². The Morgan fingerprint density at radius 3 is 2.82 bits per heavy atom. The van der Waals surface area contributed by atoms with Crippen molar-refractivity contribution in [3.05, 3.63) is 40.0 Å². The summed E-state index contributed by atoms with van der Waals surface area (Å²) < 4.78 is 12.6. The van der Waals surface area contributed by atoms with Crippen molar-refractivity contribution in [2.45, 2.75) is 44.2 Å². The molecular weight excluding hydrogens is 470 g/mol. The van der Waals surface area contributed by atoms with Gasteiger partial charge in [0.15, 0.2) is 22.3 Å². The Kier molecular flexibility index (Phi) is 6.60. The van der Waals surface area contributed by atoms with Crippen molar-refractivity contribution in [3.8, 4) is 11.5 Å². The Hall–Kier alpha value is -2.85. The molecule has 1 amide bonds. The quantitative estimate of drug-likeness (QED) is 0.368. The predicted octanol–water partition coefficient (Wildman–Crippen LogP) is 3.99. The molecule has 34 heavy (non-hydrogen) atoms. The minimum atomic E-state index is -0.0400. The number of thioether (sulfide) groups is 1. The summed E-state index contributed by atoms with van der Waals surface area (Å²) >= 11 is 3.18. The van der Waals surface area contributed by atoms with E-state index in [1.54, 1.807) is 25.6 Å². The van der Waals surface area contributed by atoms with Gasteiger partial charge in [-0.25, -0.2) is 4.98 Å². The maximum atomic E-state index is 12.5. The minimum absolute atomic E-state index is 0.0400. The van der Waals surface area contributed by atoms with Crippen molar-refractivity contribution < 1.29 is 14.3 Å². The zero-order valence-electron chi connectivity index (χ0n) is 19.5. The molecule has 10 heteroatoms. The van der Waals surface area contributed by atoms with Crippen LogP contribution in [0.3, 0.4) is 0 Å². The zero-order valence-corrected chi connectivity index (χ0v) is 21.1. The summed E-state index contributed by atoms with van der Waals surface area (Å²) in [5.74, 6) is 2.46. The smallest absolute Gasteiger partial charge is 0.230 e. The van der Waals surface area contributed by atoms with Crippen LogP contribution in [-0.2, 0) is 24.1 Å². The lowest BCUT2D eigenvalue weighted by atomic mass is 9.97. The van der Waals surface area contributed by atoms with Gasteiger partial charge in [-0.05, 0) is 62.3 Å². The Labute approximate surface area is 206 Å². The number of nitrogens with zero attached hydrogens (tertiary/aromatic N) is 4. The summed E-state index contributed by atoms with van der Waals surface area (Å²) in [5, 5.41) is 13.7. The normalized spacial score (nSPS) is 13.3. The van der Waals surface area contributed by atoms with Crippen LogP contribution in [0.15, 0.2) is 23.4 Å². The number of nitrogens with one attached hydrogen (secondary N) is 1. The van der Waals surface area contributed by atoms with E-state index in [0.717, 1.165) is 40.1 Å². The molecule has 3 aromatic heterocycles. The second-order valence-electron chi connectivity index (χ2n) is 8.27. The molecule has 0 aliphatic heterocycles. The van der Waals surface area contributed by atoms with Gasteiger partial charge in [0, 0.05) is 11.4 Å². The highest BCUT2D eigenvalue weighted by Crippen LogP contribution is 2.38. The van der Waals surface area contributed by atoms with Crippen LogP contribution in [0.4, 0.5) is 0 Å². The van der Waals surface area contributed by atoms with Crippen LogP contribution in [0.25, 0.3) is 15.9 Å². The highest BCUT2D eigenvalue weighted by atomic mass is 32.2. The lowest BCUT2D eigenvalue weighted by Gasteiger charge is -2.10. The van der Waals surface area contributed by atoms with Crippen LogP contribution in [0, 0.1) is 6.92 Å². The number of rotatable bonds is 8. The van der Waals surface area contributed by atoms with E-state index in [1.165, 1.54) is 35.0 Å². The number of carbonyl (C=O) groups excluding carboxylic acids is 1. The van der Waals surface area contributed by atoms with Crippen molar-refractivity contribution in [1.29, 1.82) is 0 Å². The van der Waals surface area contributed by atoms with Crippen LogP contribution in [0.1, 0.15) is 34.7 Å². The van der Waals surface area contributed by atoms with E-state index in [1.807, 2.05) is 29.5 Å². The number of aromatic nitrogens is 4. The van der Waals surface area contributed by atoms with Crippen molar-refractivity contribution in [3.63, 3.8) is 0 Å². The fourth-order valence-corrected chi connectivity index (χ4v) is 6.55. The highest BCUT2D eigenvalue weighted by molar-refractivity contribution is 7.99. The molecule has 0 unspecified atom stereocenters. The average Bonchev–Trinajstić information content (AvgIpc) is 3.44. The molecule has 8 nitrogen and oxygen atoms in total. The molecule has 0 radical (unpaired) electrons. The first-order valence-corrected chi connectivity index (χ1v) is 13.2. The first-order valence-electron chi connectivity index (χ1n) is 11.4. The van der Waals surface area contributed by atoms with Crippen LogP contribution in [-0.4, -0.2) is 52.0 Å². The number of hydrogen-bond donors (Lipinski definition) is 1. The summed E-state index contributed by atoms with van der Waals surface area (Å²) in [5.41, 5.74) is 3.32. The van der Waals surface area contributed by atoms with Gasteiger partial charge in [-0.15, -0.1) is 21.5 Å². The van der Waals surface area contributed by atoms with E-state index in [2.05, 4.69) is 15.5 Å². The molecule has 0 bridgehead atoms. The topological polar surface area (TPSA) is 90.6 Å². The summed E-state index contributed by atoms with van der Waals surface area (Å²) in [7, 11) is 3.23. The third-order valence-corrected chi connectivity index (χ3v) is 8.23. The third-order valence-electron chi connectivity index (χ3n) is 6.11. The van der Waals surface area contributed by atoms with Crippen LogP contribution in [0.2, 0.25) is 0 Å². The van der Waals surface area contributed by atoms with Crippen LogP contribution < -0.4 is 14.8 Å². The third kappa shape index (κ3) is 4.32. The van der Waals surface area contributed by atoms with Gasteiger partial charge in [0.25, 0.3) is 0 Å². The van der Waals surface area contributed by atoms with E-state index in [-0.39, 0.29) is 11.7 Å². The number of aryl methyl sites for hydroxylation is 3. The molecule has 1 aliphatic carbocycles. The van der Waals surface area contributed by atoms with Crippen molar-refractivity contribution in [2.24, 2.45) is 0 Å². The van der Waals surface area contributed by atoms with Crippen molar-refractivity contribution in [1.82, 2.24) is 24.9 Å². The lowest BCUT2D eigenvalue weighted by Crippen LogP contribution is -2.27. The van der Waals surface area contributed by atoms with Gasteiger partial charge in [0.2, 0.25) is 5.91 Å². The molecule has 1 aromatic carbocycles. The average molecular weight is 498 g/mol. The minimum Gasteiger partial charge on any atom is -0.493 e. The molecule has 0 saturated heterocycles. The van der Waals surface area contributed by atoms with Gasteiger partial charge in [0.1, 0.15) is 10.7 Å². The number of amides is 1. The molecule has 4 aromatic rings. The molecule has 1 N–H and O–H groups in total. The van der Waals surface area contributed by atoms with E-state index >= 15 is 0 Å². The van der Waals surface area contributed by atoms with E-state index < -0.39 is 0 Å². The molecular formula is C24H27N5O3S2. The highest BCUT2D eigenvalue weighted by Gasteiger charge is 2.22. The van der Waals surface area contributed by atoms with E-state index in [4.69, 9.17) is 14.5 Å². The Bertz CT molecular complexity index is 1360. The molecule has 178 valence electrons. The first-order chi connectivity index (χ1) is 16.6. The van der Waals surface area contributed by atoms with Crippen molar-refractivity contribution in [2.75, 3.05) is 26.5 Å². The lowest BCUT2D eigenvalue weighted by molar-refractivity contribution is -0.118. The van der Waals surface area contributed by atoms with E-state index in [0.29, 0.717) is 29.6 Å². The number of benzene rings is 1. The number of thiophene rings is 1. The molecule has 3 heterocycles. The molecule has 0 atom stereocenters. The van der Waals surface area contributed by atoms with Crippen LogP contribution >= 0.6 is 23.1 Å². The molecule has 0 saturated carbocycles. The number of carbonyl (C=O) groups is 1. The molecule has 0 fully saturated rings. The van der Waals surface area contributed by atoms with Gasteiger partial charge >= 0.3 is 0 Å². The summed E-state index contributed by atoms with van der Waals surface area (Å²) in [6.45, 7) is 2.51. The first kappa shape index (κ1) is 22.9. The molecule has 1 aliphatic rings.